The number of fused-ring (bicyclic) bond motifs is 1. The van der Waals surface area contributed by atoms with Gasteiger partial charge in [0.1, 0.15) is 0 Å². The number of nitrogens with one attached hydrogen (secondary N) is 2. The van der Waals surface area contributed by atoms with E-state index in [4.69, 9.17) is 4.74 Å². The van der Waals surface area contributed by atoms with Crippen LogP contribution in [0.5, 0.6) is 0 Å². The van der Waals surface area contributed by atoms with Gasteiger partial charge < -0.3 is 15.4 Å². The van der Waals surface area contributed by atoms with E-state index in [2.05, 4.69) is 43.0 Å². The zero-order chi connectivity index (χ0) is 13.2. The Bertz CT molecular complexity index is 344. The molecule has 2 aliphatic rings. The second-order valence-corrected chi connectivity index (χ2v) is 5.70. The van der Waals surface area contributed by atoms with Gasteiger partial charge in [-0.25, -0.2) is 4.99 Å². The summed E-state index contributed by atoms with van der Waals surface area (Å²) in [6.45, 7) is 12.8. The Balaban J connectivity index is 0.00000180. The number of aliphatic imine (C=N–C) groups is 1. The van der Waals surface area contributed by atoms with Crippen LogP contribution < -0.4 is 10.6 Å². The number of hydrogen-bond donors (Lipinski definition) is 2. The fourth-order valence-corrected chi connectivity index (χ4v) is 3.24. The molecule has 0 aromatic carbocycles. The van der Waals surface area contributed by atoms with Crippen molar-refractivity contribution >= 4 is 29.9 Å². The third-order valence-electron chi connectivity index (χ3n) is 4.12. The lowest BCUT2D eigenvalue weighted by Crippen LogP contribution is -2.67. The molecule has 0 spiro atoms. The summed E-state index contributed by atoms with van der Waals surface area (Å²) >= 11 is 0. The maximum absolute atomic E-state index is 5.80. The molecule has 4 nitrogen and oxygen atoms in total. The monoisotopic (exact) mass is 379 g/mol. The molecule has 1 heterocycles. The average molecular weight is 379 g/mol. The molecule has 2 rings (SSSR count). The van der Waals surface area contributed by atoms with Gasteiger partial charge in [0, 0.05) is 30.5 Å². The Labute approximate surface area is 133 Å². The van der Waals surface area contributed by atoms with E-state index in [1.807, 2.05) is 6.08 Å². The predicted molar refractivity (Wildman–Crippen MR) is 90.1 cm³/mol. The number of rotatable bonds is 4. The lowest BCUT2D eigenvalue weighted by Gasteiger charge is -2.54. The number of ether oxygens (including phenoxy) is 1. The van der Waals surface area contributed by atoms with E-state index < -0.39 is 0 Å². The molecule has 3 unspecified atom stereocenters. The fraction of sp³-hybridized carbons (Fsp3) is 0.786. The van der Waals surface area contributed by atoms with Gasteiger partial charge in [-0.3, -0.25) is 0 Å². The predicted octanol–water partition coefficient (Wildman–Crippen LogP) is 2.16. The number of hydrogen-bond acceptors (Lipinski definition) is 2. The van der Waals surface area contributed by atoms with Gasteiger partial charge in [-0.05, 0) is 13.3 Å². The van der Waals surface area contributed by atoms with Crippen molar-refractivity contribution in [2.45, 2.75) is 39.3 Å². The van der Waals surface area contributed by atoms with E-state index in [-0.39, 0.29) is 29.4 Å². The molecule has 110 valence electrons. The van der Waals surface area contributed by atoms with Crippen LogP contribution in [0.3, 0.4) is 0 Å². The first kappa shape index (κ1) is 16.8. The van der Waals surface area contributed by atoms with Crippen molar-refractivity contribution in [2.24, 2.45) is 16.3 Å². The Hall–Kier alpha value is -0.300. The zero-order valence-electron chi connectivity index (χ0n) is 12.1. The van der Waals surface area contributed by atoms with E-state index >= 15 is 0 Å². The second-order valence-electron chi connectivity index (χ2n) is 5.70. The van der Waals surface area contributed by atoms with E-state index in [1.54, 1.807) is 0 Å². The molecule has 2 N–H and O–H groups in total. The van der Waals surface area contributed by atoms with Crippen LogP contribution >= 0.6 is 24.0 Å². The Morgan fingerprint density at radius 3 is 2.89 bits per heavy atom. The lowest BCUT2D eigenvalue weighted by molar-refractivity contribution is -0.106. The van der Waals surface area contributed by atoms with E-state index in [0.717, 1.165) is 25.5 Å². The van der Waals surface area contributed by atoms with Gasteiger partial charge in [0.25, 0.3) is 0 Å². The van der Waals surface area contributed by atoms with Crippen LogP contribution in [0.2, 0.25) is 0 Å². The van der Waals surface area contributed by atoms with Crippen LogP contribution in [0.4, 0.5) is 0 Å². The summed E-state index contributed by atoms with van der Waals surface area (Å²) in [4.78, 5) is 4.47. The van der Waals surface area contributed by atoms with Crippen LogP contribution in [-0.4, -0.2) is 37.8 Å². The van der Waals surface area contributed by atoms with Gasteiger partial charge in [0.2, 0.25) is 0 Å². The first-order chi connectivity index (χ1) is 8.61. The summed E-state index contributed by atoms with van der Waals surface area (Å²) in [5.41, 5.74) is 0.186. The minimum absolute atomic E-state index is 0. The molecule has 3 atom stereocenters. The molecule has 1 saturated heterocycles. The highest BCUT2D eigenvalue weighted by atomic mass is 127. The molecule has 0 amide bonds. The zero-order valence-corrected chi connectivity index (χ0v) is 14.4. The Kier molecular flexibility index (Phi) is 6.11. The van der Waals surface area contributed by atoms with Crippen LogP contribution in [0.15, 0.2) is 17.6 Å². The van der Waals surface area contributed by atoms with Crippen molar-refractivity contribution < 1.29 is 4.74 Å². The molecule has 1 saturated carbocycles. The first-order valence-corrected chi connectivity index (χ1v) is 6.88. The summed E-state index contributed by atoms with van der Waals surface area (Å²) in [5, 5.41) is 6.85. The molecule has 1 aliphatic carbocycles. The minimum Gasteiger partial charge on any atom is -0.377 e. The molecule has 0 aromatic rings. The van der Waals surface area contributed by atoms with Gasteiger partial charge in [0.15, 0.2) is 5.96 Å². The SMILES string of the molecule is C=CCN=C(NCC)NC1C2CCOC2C1(C)C.I. The summed E-state index contributed by atoms with van der Waals surface area (Å²) < 4.78 is 5.80. The van der Waals surface area contributed by atoms with Crippen molar-refractivity contribution in [2.75, 3.05) is 19.7 Å². The highest BCUT2D eigenvalue weighted by molar-refractivity contribution is 14.0. The number of guanidine groups is 1. The van der Waals surface area contributed by atoms with Crippen molar-refractivity contribution in [3.05, 3.63) is 12.7 Å². The molecule has 0 radical (unpaired) electrons. The maximum Gasteiger partial charge on any atom is 0.191 e. The molecular formula is C14H26IN3O. The lowest BCUT2D eigenvalue weighted by atomic mass is 9.57. The smallest absolute Gasteiger partial charge is 0.191 e. The molecule has 19 heavy (non-hydrogen) atoms. The summed E-state index contributed by atoms with van der Waals surface area (Å²) in [7, 11) is 0. The average Bonchev–Trinajstić information content (AvgIpc) is 2.79. The van der Waals surface area contributed by atoms with Crippen molar-refractivity contribution in [3.8, 4) is 0 Å². The van der Waals surface area contributed by atoms with E-state index in [1.165, 1.54) is 0 Å². The van der Waals surface area contributed by atoms with E-state index in [0.29, 0.717) is 24.6 Å². The van der Waals surface area contributed by atoms with E-state index in [9.17, 15) is 0 Å². The standard InChI is InChI=1S/C14H25N3O.HI/c1-5-8-16-13(15-6-2)17-11-10-7-9-18-12(10)14(11,3)4;/h5,10-12H,1,6-9H2,2-4H3,(H2,15,16,17);1H. The van der Waals surface area contributed by atoms with Gasteiger partial charge >= 0.3 is 0 Å². The number of nitrogens with zero attached hydrogens (tertiary/aromatic N) is 1. The third kappa shape index (κ3) is 3.24. The van der Waals surface area contributed by atoms with Gasteiger partial charge in [-0.1, -0.05) is 19.9 Å². The summed E-state index contributed by atoms with van der Waals surface area (Å²) in [6, 6.07) is 0.451. The molecule has 0 aromatic heterocycles. The molecule has 5 heteroatoms. The van der Waals surface area contributed by atoms with Crippen LogP contribution in [0.25, 0.3) is 0 Å². The van der Waals surface area contributed by atoms with Crippen LogP contribution in [0.1, 0.15) is 27.2 Å². The van der Waals surface area contributed by atoms with Gasteiger partial charge in [0.05, 0.1) is 12.6 Å². The molecule has 1 aliphatic heterocycles. The summed E-state index contributed by atoms with van der Waals surface area (Å²) in [5.74, 6) is 1.52. The first-order valence-electron chi connectivity index (χ1n) is 6.88. The fourth-order valence-electron chi connectivity index (χ4n) is 3.24. The quantitative estimate of drug-likeness (QED) is 0.341. The van der Waals surface area contributed by atoms with Gasteiger partial charge in [-0.2, -0.15) is 0 Å². The van der Waals surface area contributed by atoms with Crippen molar-refractivity contribution in [1.29, 1.82) is 0 Å². The Morgan fingerprint density at radius 1 is 1.53 bits per heavy atom. The Morgan fingerprint density at radius 2 is 2.26 bits per heavy atom. The van der Waals surface area contributed by atoms with Crippen molar-refractivity contribution in [3.63, 3.8) is 0 Å². The topological polar surface area (TPSA) is 45.7 Å². The molecular weight excluding hydrogens is 353 g/mol. The van der Waals surface area contributed by atoms with Crippen LogP contribution in [-0.2, 0) is 4.74 Å². The summed E-state index contributed by atoms with van der Waals surface area (Å²) in [6.07, 6.45) is 3.39. The molecule has 0 bridgehead atoms. The highest BCUT2D eigenvalue weighted by Crippen LogP contribution is 2.51. The molecule has 2 fully saturated rings. The highest BCUT2D eigenvalue weighted by Gasteiger charge is 2.59. The van der Waals surface area contributed by atoms with Crippen LogP contribution in [0, 0.1) is 11.3 Å². The van der Waals surface area contributed by atoms with Crippen molar-refractivity contribution in [1.82, 2.24) is 10.6 Å². The minimum atomic E-state index is 0. The maximum atomic E-state index is 5.80. The second kappa shape index (κ2) is 6.92. The third-order valence-corrected chi connectivity index (χ3v) is 4.12. The normalized spacial score (nSPS) is 31.7. The van der Waals surface area contributed by atoms with Gasteiger partial charge in [-0.15, -0.1) is 30.6 Å². The number of halogens is 1. The largest absolute Gasteiger partial charge is 0.377 e.